The molecule has 0 spiro atoms. The summed E-state index contributed by atoms with van der Waals surface area (Å²) < 4.78 is 11.0. The lowest BCUT2D eigenvalue weighted by atomic mass is 10.1. The van der Waals surface area contributed by atoms with Gasteiger partial charge in [-0.05, 0) is 25.0 Å². The first kappa shape index (κ1) is 12.4. The molecule has 0 bridgehead atoms. The van der Waals surface area contributed by atoms with Crippen molar-refractivity contribution in [3.05, 3.63) is 12.2 Å². The van der Waals surface area contributed by atoms with E-state index in [2.05, 4.69) is 6.92 Å². The van der Waals surface area contributed by atoms with E-state index in [0.717, 1.165) is 6.42 Å². The molecule has 15 heavy (non-hydrogen) atoms. The fourth-order valence-electron chi connectivity index (χ4n) is 1.50. The lowest BCUT2D eigenvalue weighted by Gasteiger charge is -2.23. The second-order valence-corrected chi connectivity index (χ2v) is 3.74. The van der Waals surface area contributed by atoms with Gasteiger partial charge in [-0.3, -0.25) is 4.79 Å². The standard InChI is InChI=1S/C12H20O3/c1-3-5-6-9-14-12-8-7-10(13)11(4-2)15-12/h7-8,11-12H,3-6,9H2,1-2H3. The average Bonchev–Trinajstić information content (AvgIpc) is 2.26. The first-order valence-electron chi connectivity index (χ1n) is 5.77. The molecule has 2 atom stereocenters. The van der Waals surface area contributed by atoms with Crippen molar-refractivity contribution in [2.75, 3.05) is 6.61 Å². The van der Waals surface area contributed by atoms with Gasteiger partial charge in [-0.2, -0.15) is 0 Å². The van der Waals surface area contributed by atoms with Crippen LogP contribution in [-0.2, 0) is 14.3 Å². The van der Waals surface area contributed by atoms with Crippen LogP contribution in [0.3, 0.4) is 0 Å². The van der Waals surface area contributed by atoms with Crippen LogP contribution >= 0.6 is 0 Å². The van der Waals surface area contributed by atoms with E-state index in [1.54, 1.807) is 12.2 Å². The normalized spacial score (nSPS) is 25.9. The fourth-order valence-corrected chi connectivity index (χ4v) is 1.50. The fraction of sp³-hybridized carbons (Fsp3) is 0.750. The maximum atomic E-state index is 11.3. The third-order valence-corrected chi connectivity index (χ3v) is 2.43. The quantitative estimate of drug-likeness (QED) is 0.634. The predicted octanol–water partition coefficient (Wildman–Crippen LogP) is 2.45. The highest BCUT2D eigenvalue weighted by Gasteiger charge is 2.23. The molecule has 0 aromatic heterocycles. The van der Waals surface area contributed by atoms with Crippen LogP contribution in [0.4, 0.5) is 0 Å². The summed E-state index contributed by atoms with van der Waals surface area (Å²) in [6.07, 6.45) is 6.73. The zero-order valence-corrected chi connectivity index (χ0v) is 9.57. The summed E-state index contributed by atoms with van der Waals surface area (Å²) in [6.45, 7) is 4.80. The van der Waals surface area contributed by atoms with E-state index in [4.69, 9.17) is 9.47 Å². The highest BCUT2D eigenvalue weighted by Crippen LogP contribution is 2.13. The molecule has 1 rings (SSSR count). The number of ketones is 1. The number of unbranched alkanes of at least 4 members (excludes halogenated alkanes) is 2. The molecule has 0 saturated heterocycles. The minimum atomic E-state index is -0.329. The molecule has 0 aromatic carbocycles. The van der Waals surface area contributed by atoms with Crippen molar-refractivity contribution in [1.82, 2.24) is 0 Å². The van der Waals surface area contributed by atoms with Gasteiger partial charge >= 0.3 is 0 Å². The summed E-state index contributed by atoms with van der Waals surface area (Å²) in [7, 11) is 0. The third kappa shape index (κ3) is 4.14. The molecule has 3 heteroatoms. The summed E-state index contributed by atoms with van der Waals surface area (Å²) in [5.74, 6) is 0.0471. The van der Waals surface area contributed by atoms with Gasteiger partial charge in [0.1, 0.15) is 6.10 Å². The molecule has 0 fully saturated rings. The van der Waals surface area contributed by atoms with Crippen LogP contribution in [0.2, 0.25) is 0 Å². The Morgan fingerprint density at radius 3 is 2.87 bits per heavy atom. The SMILES string of the molecule is CCCCCOC1C=CC(=O)C(CC)O1. The van der Waals surface area contributed by atoms with Crippen LogP contribution in [0.5, 0.6) is 0 Å². The molecule has 0 saturated carbocycles. The molecule has 86 valence electrons. The Morgan fingerprint density at radius 1 is 1.40 bits per heavy atom. The Morgan fingerprint density at radius 2 is 2.20 bits per heavy atom. The van der Waals surface area contributed by atoms with Crippen molar-refractivity contribution in [3.63, 3.8) is 0 Å². The Hall–Kier alpha value is -0.670. The van der Waals surface area contributed by atoms with Crippen LogP contribution in [0, 0.1) is 0 Å². The van der Waals surface area contributed by atoms with E-state index < -0.39 is 0 Å². The van der Waals surface area contributed by atoms with Gasteiger partial charge < -0.3 is 9.47 Å². The van der Waals surface area contributed by atoms with Gasteiger partial charge in [-0.25, -0.2) is 0 Å². The van der Waals surface area contributed by atoms with Crippen molar-refractivity contribution in [3.8, 4) is 0 Å². The van der Waals surface area contributed by atoms with E-state index in [9.17, 15) is 4.79 Å². The van der Waals surface area contributed by atoms with Gasteiger partial charge in [0, 0.05) is 0 Å². The Balaban J connectivity index is 2.25. The largest absolute Gasteiger partial charge is 0.349 e. The van der Waals surface area contributed by atoms with Crippen molar-refractivity contribution < 1.29 is 14.3 Å². The van der Waals surface area contributed by atoms with Gasteiger partial charge in [0.05, 0.1) is 6.61 Å². The molecule has 1 aliphatic heterocycles. The molecule has 0 radical (unpaired) electrons. The molecule has 0 aromatic rings. The summed E-state index contributed by atoms with van der Waals surface area (Å²) in [6, 6.07) is 0. The molecule has 3 nitrogen and oxygen atoms in total. The molecule has 1 heterocycles. The summed E-state index contributed by atoms with van der Waals surface area (Å²) >= 11 is 0. The van der Waals surface area contributed by atoms with Crippen molar-refractivity contribution in [1.29, 1.82) is 0 Å². The maximum Gasteiger partial charge on any atom is 0.184 e. The van der Waals surface area contributed by atoms with E-state index in [1.165, 1.54) is 12.8 Å². The number of hydrogen-bond donors (Lipinski definition) is 0. The molecule has 2 unspecified atom stereocenters. The number of ether oxygens (including phenoxy) is 2. The third-order valence-electron chi connectivity index (χ3n) is 2.43. The van der Waals surface area contributed by atoms with E-state index in [1.807, 2.05) is 6.92 Å². The summed E-state index contributed by atoms with van der Waals surface area (Å²) in [5.41, 5.74) is 0. The topological polar surface area (TPSA) is 35.5 Å². The van der Waals surface area contributed by atoms with Crippen LogP contribution in [0.1, 0.15) is 39.5 Å². The zero-order chi connectivity index (χ0) is 11.1. The van der Waals surface area contributed by atoms with Crippen molar-refractivity contribution in [2.24, 2.45) is 0 Å². The number of hydrogen-bond acceptors (Lipinski definition) is 3. The smallest absolute Gasteiger partial charge is 0.184 e. The van der Waals surface area contributed by atoms with Crippen molar-refractivity contribution >= 4 is 5.78 Å². The minimum absolute atomic E-state index is 0.0471. The summed E-state index contributed by atoms with van der Waals surface area (Å²) in [5, 5.41) is 0. The molecular formula is C12H20O3. The number of carbonyl (C=O) groups excluding carboxylic acids is 1. The lowest BCUT2D eigenvalue weighted by molar-refractivity contribution is -0.163. The zero-order valence-electron chi connectivity index (χ0n) is 9.57. The van der Waals surface area contributed by atoms with Gasteiger partial charge in [0.25, 0.3) is 0 Å². The van der Waals surface area contributed by atoms with E-state index in [0.29, 0.717) is 13.0 Å². The van der Waals surface area contributed by atoms with Gasteiger partial charge in [0.2, 0.25) is 0 Å². The minimum Gasteiger partial charge on any atom is -0.349 e. The Labute approximate surface area is 91.4 Å². The number of carbonyl (C=O) groups is 1. The second-order valence-electron chi connectivity index (χ2n) is 3.74. The van der Waals surface area contributed by atoms with E-state index in [-0.39, 0.29) is 18.2 Å². The van der Waals surface area contributed by atoms with Gasteiger partial charge in [0.15, 0.2) is 12.1 Å². The monoisotopic (exact) mass is 212 g/mol. The molecule has 1 aliphatic rings. The maximum absolute atomic E-state index is 11.3. The van der Waals surface area contributed by atoms with Crippen LogP contribution in [-0.4, -0.2) is 24.8 Å². The van der Waals surface area contributed by atoms with Gasteiger partial charge in [-0.1, -0.05) is 26.7 Å². The molecular weight excluding hydrogens is 192 g/mol. The van der Waals surface area contributed by atoms with Crippen LogP contribution < -0.4 is 0 Å². The van der Waals surface area contributed by atoms with Crippen LogP contribution in [0.25, 0.3) is 0 Å². The summed E-state index contributed by atoms with van der Waals surface area (Å²) in [4.78, 5) is 11.3. The predicted molar refractivity (Wildman–Crippen MR) is 58.6 cm³/mol. The molecule has 0 aliphatic carbocycles. The highest BCUT2D eigenvalue weighted by atomic mass is 16.7. The average molecular weight is 212 g/mol. The first-order valence-corrected chi connectivity index (χ1v) is 5.77. The van der Waals surface area contributed by atoms with Crippen molar-refractivity contribution in [2.45, 2.75) is 51.9 Å². The van der Waals surface area contributed by atoms with Gasteiger partial charge in [-0.15, -0.1) is 0 Å². The second kappa shape index (κ2) is 6.75. The Kier molecular flexibility index (Phi) is 5.58. The van der Waals surface area contributed by atoms with E-state index >= 15 is 0 Å². The molecule has 0 amide bonds. The van der Waals surface area contributed by atoms with Crippen LogP contribution in [0.15, 0.2) is 12.2 Å². The lowest BCUT2D eigenvalue weighted by Crippen LogP contribution is -2.32. The number of rotatable bonds is 6. The molecule has 0 N–H and O–H groups in total. The Bertz CT molecular complexity index is 223. The first-order chi connectivity index (χ1) is 7.27. The highest BCUT2D eigenvalue weighted by molar-refractivity contribution is 5.94.